The van der Waals surface area contributed by atoms with Crippen LogP contribution in [0.4, 0.5) is 5.69 Å². The molecule has 0 saturated carbocycles. The van der Waals surface area contributed by atoms with Gasteiger partial charge in [-0.05, 0) is 47.9 Å². The molecule has 1 atom stereocenters. The highest BCUT2D eigenvalue weighted by Gasteiger charge is 2.11. The average Bonchev–Trinajstić information content (AvgIpc) is 2.61. The highest BCUT2D eigenvalue weighted by atomic mass is 35.5. The van der Waals surface area contributed by atoms with Gasteiger partial charge in [0.15, 0.2) is 0 Å². The zero-order valence-electron chi connectivity index (χ0n) is 14.3. The van der Waals surface area contributed by atoms with Crippen molar-refractivity contribution in [3.8, 4) is 0 Å². The molecule has 3 aromatic rings. The van der Waals surface area contributed by atoms with E-state index in [-0.39, 0.29) is 18.5 Å². The molecule has 0 heterocycles. The summed E-state index contributed by atoms with van der Waals surface area (Å²) in [7, 11) is 0. The van der Waals surface area contributed by atoms with E-state index in [1.807, 2.05) is 43.3 Å². The van der Waals surface area contributed by atoms with Crippen LogP contribution in [0.15, 0.2) is 60.7 Å². The number of fused-ring (bicyclic) bond motifs is 1. The minimum atomic E-state index is -0.113. The highest BCUT2D eigenvalue weighted by molar-refractivity contribution is 6.33. The Morgan fingerprint density at radius 3 is 2.64 bits per heavy atom. The summed E-state index contributed by atoms with van der Waals surface area (Å²) in [6.07, 6.45) is 0. The zero-order valence-corrected chi connectivity index (χ0v) is 15.1. The van der Waals surface area contributed by atoms with Gasteiger partial charge in [-0.3, -0.25) is 4.79 Å². The molecule has 0 saturated heterocycles. The maximum Gasteiger partial charge on any atom is 0.238 e. The van der Waals surface area contributed by atoms with E-state index >= 15 is 0 Å². The summed E-state index contributed by atoms with van der Waals surface area (Å²) in [5.41, 5.74) is 2.88. The van der Waals surface area contributed by atoms with Gasteiger partial charge in [-0.25, -0.2) is 0 Å². The molecule has 4 heteroatoms. The third-order valence-electron chi connectivity index (χ3n) is 4.26. The number of amides is 1. The van der Waals surface area contributed by atoms with Crippen LogP contribution in [0.1, 0.15) is 24.1 Å². The summed E-state index contributed by atoms with van der Waals surface area (Å²) in [5.74, 6) is -0.113. The molecule has 0 fully saturated rings. The number of aryl methyl sites for hydroxylation is 1. The van der Waals surface area contributed by atoms with Crippen molar-refractivity contribution in [3.63, 3.8) is 0 Å². The summed E-state index contributed by atoms with van der Waals surface area (Å²) in [5, 5.41) is 9.09. The van der Waals surface area contributed by atoms with Crippen molar-refractivity contribution >= 4 is 34.0 Å². The minimum Gasteiger partial charge on any atom is -0.324 e. The predicted octanol–water partition coefficient (Wildman–Crippen LogP) is 5.09. The molecule has 25 heavy (non-hydrogen) atoms. The second-order valence-electron chi connectivity index (χ2n) is 6.20. The van der Waals surface area contributed by atoms with Gasteiger partial charge in [0.1, 0.15) is 0 Å². The van der Waals surface area contributed by atoms with Gasteiger partial charge in [-0.2, -0.15) is 0 Å². The second-order valence-corrected chi connectivity index (χ2v) is 6.61. The standard InChI is InChI=1S/C21H21ClN2O/c1-14-10-11-20(19(22)12-14)24-21(25)13-23-15(2)17-9-5-7-16-6-3-4-8-18(16)17/h3-12,15,23H,13H2,1-2H3,(H,24,25)/t15-/m1/s1. The van der Waals surface area contributed by atoms with Gasteiger partial charge >= 0.3 is 0 Å². The van der Waals surface area contributed by atoms with Crippen LogP contribution < -0.4 is 10.6 Å². The molecule has 0 unspecified atom stereocenters. The van der Waals surface area contributed by atoms with Gasteiger partial charge in [-0.15, -0.1) is 0 Å². The molecule has 2 N–H and O–H groups in total. The van der Waals surface area contributed by atoms with Gasteiger partial charge in [0.05, 0.1) is 17.3 Å². The second kappa shape index (κ2) is 7.68. The lowest BCUT2D eigenvalue weighted by molar-refractivity contribution is -0.115. The van der Waals surface area contributed by atoms with Crippen molar-refractivity contribution in [1.82, 2.24) is 5.32 Å². The van der Waals surface area contributed by atoms with E-state index < -0.39 is 0 Å². The van der Waals surface area contributed by atoms with Gasteiger partial charge in [0.25, 0.3) is 0 Å². The average molecular weight is 353 g/mol. The van der Waals surface area contributed by atoms with E-state index in [4.69, 9.17) is 11.6 Å². The molecule has 0 spiro atoms. The topological polar surface area (TPSA) is 41.1 Å². The predicted molar refractivity (Wildman–Crippen MR) is 105 cm³/mol. The van der Waals surface area contributed by atoms with E-state index in [9.17, 15) is 4.79 Å². The van der Waals surface area contributed by atoms with E-state index in [2.05, 4.69) is 41.8 Å². The van der Waals surface area contributed by atoms with Crippen LogP contribution in [0.2, 0.25) is 5.02 Å². The van der Waals surface area contributed by atoms with Gasteiger partial charge < -0.3 is 10.6 Å². The third-order valence-corrected chi connectivity index (χ3v) is 4.57. The summed E-state index contributed by atoms with van der Waals surface area (Å²) in [6, 6.07) is 20.1. The van der Waals surface area contributed by atoms with Crippen LogP contribution in [-0.2, 0) is 4.79 Å². The number of anilines is 1. The Hall–Kier alpha value is -2.36. The molecule has 0 aromatic heterocycles. The first kappa shape index (κ1) is 17.5. The molecule has 0 bridgehead atoms. The molecule has 0 aliphatic rings. The largest absolute Gasteiger partial charge is 0.324 e. The van der Waals surface area contributed by atoms with Crippen LogP contribution in [0.3, 0.4) is 0 Å². The molecule has 3 nitrogen and oxygen atoms in total. The summed E-state index contributed by atoms with van der Waals surface area (Å²) < 4.78 is 0. The first-order valence-electron chi connectivity index (χ1n) is 8.31. The summed E-state index contributed by atoms with van der Waals surface area (Å²) in [4.78, 5) is 12.2. The van der Waals surface area contributed by atoms with E-state index in [1.54, 1.807) is 0 Å². The maximum absolute atomic E-state index is 12.2. The molecule has 0 aliphatic carbocycles. The van der Waals surface area contributed by atoms with Crippen molar-refractivity contribution in [1.29, 1.82) is 0 Å². The highest BCUT2D eigenvalue weighted by Crippen LogP contribution is 2.24. The molecule has 3 rings (SSSR count). The molecular weight excluding hydrogens is 332 g/mol. The fourth-order valence-corrected chi connectivity index (χ4v) is 3.18. The molecule has 0 aliphatic heterocycles. The quantitative estimate of drug-likeness (QED) is 0.671. The first-order valence-corrected chi connectivity index (χ1v) is 8.69. The lowest BCUT2D eigenvalue weighted by Crippen LogP contribution is -2.30. The fourth-order valence-electron chi connectivity index (χ4n) is 2.90. The minimum absolute atomic E-state index is 0.0605. The first-order chi connectivity index (χ1) is 12.0. The number of rotatable bonds is 5. The summed E-state index contributed by atoms with van der Waals surface area (Å²) >= 11 is 6.16. The molecule has 3 aromatic carbocycles. The van der Waals surface area contributed by atoms with E-state index in [0.717, 1.165) is 5.56 Å². The van der Waals surface area contributed by atoms with E-state index in [1.165, 1.54) is 16.3 Å². The van der Waals surface area contributed by atoms with Crippen LogP contribution in [0.5, 0.6) is 0 Å². The van der Waals surface area contributed by atoms with Gasteiger partial charge in [0.2, 0.25) is 5.91 Å². The zero-order chi connectivity index (χ0) is 17.8. The molecule has 128 valence electrons. The van der Waals surface area contributed by atoms with Crippen molar-refractivity contribution in [2.45, 2.75) is 19.9 Å². The Balaban J connectivity index is 1.65. The van der Waals surface area contributed by atoms with Crippen LogP contribution in [0, 0.1) is 6.92 Å². The maximum atomic E-state index is 12.2. The van der Waals surface area contributed by atoms with Crippen molar-refractivity contribution in [2.75, 3.05) is 11.9 Å². The van der Waals surface area contributed by atoms with Crippen LogP contribution >= 0.6 is 11.6 Å². The Morgan fingerprint density at radius 2 is 1.84 bits per heavy atom. The van der Waals surface area contributed by atoms with Gasteiger partial charge in [0, 0.05) is 6.04 Å². The smallest absolute Gasteiger partial charge is 0.238 e. The normalized spacial score (nSPS) is 12.1. The monoisotopic (exact) mass is 352 g/mol. The fraction of sp³-hybridized carbons (Fsp3) is 0.190. The number of hydrogen-bond acceptors (Lipinski definition) is 2. The number of nitrogens with one attached hydrogen (secondary N) is 2. The molecule has 0 radical (unpaired) electrons. The van der Waals surface area contributed by atoms with E-state index in [0.29, 0.717) is 10.7 Å². The van der Waals surface area contributed by atoms with Crippen molar-refractivity contribution in [2.24, 2.45) is 0 Å². The Labute approximate surface area is 153 Å². The number of halogens is 1. The number of benzene rings is 3. The molecular formula is C21H21ClN2O. The Bertz CT molecular complexity index is 902. The summed E-state index contributed by atoms with van der Waals surface area (Å²) in [6.45, 7) is 4.24. The Kier molecular flexibility index (Phi) is 5.37. The third kappa shape index (κ3) is 4.19. The van der Waals surface area contributed by atoms with Crippen LogP contribution in [-0.4, -0.2) is 12.5 Å². The Morgan fingerprint density at radius 1 is 1.08 bits per heavy atom. The molecule has 1 amide bonds. The van der Waals surface area contributed by atoms with Gasteiger partial charge in [-0.1, -0.05) is 60.1 Å². The van der Waals surface area contributed by atoms with Crippen molar-refractivity contribution < 1.29 is 4.79 Å². The van der Waals surface area contributed by atoms with Crippen LogP contribution in [0.25, 0.3) is 10.8 Å². The lowest BCUT2D eigenvalue weighted by atomic mass is 10.00. The SMILES string of the molecule is Cc1ccc(NC(=O)CN[C@H](C)c2cccc3ccccc23)c(Cl)c1. The van der Waals surface area contributed by atoms with Crippen molar-refractivity contribution in [3.05, 3.63) is 76.8 Å². The number of carbonyl (C=O) groups is 1. The number of hydrogen-bond donors (Lipinski definition) is 2. The lowest BCUT2D eigenvalue weighted by Gasteiger charge is -2.17. The number of carbonyl (C=O) groups excluding carboxylic acids is 1.